The van der Waals surface area contributed by atoms with E-state index < -0.39 is 17.3 Å². The Morgan fingerprint density at radius 2 is 2.16 bits per heavy atom. The van der Waals surface area contributed by atoms with E-state index in [0.29, 0.717) is 6.54 Å². The number of nitrogens with two attached hydrogens (primary N) is 1. The average molecular weight is 268 g/mol. The number of anilines is 1. The van der Waals surface area contributed by atoms with E-state index in [9.17, 15) is 14.0 Å². The van der Waals surface area contributed by atoms with Gasteiger partial charge in [-0.15, -0.1) is 0 Å². The third-order valence-electron chi connectivity index (χ3n) is 2.87. The zero-order valence-corrected chi connectivity index (χ0v) is 10.6. The molecular weight excluding hydrogens is 251 g/mol. The quantitative estimate of drug-likeness (QED) is 0.734. The first-order valence-corrected chi connectivity index (χ1v) is 6.00. The highest BCUT2D eigenvalue weighted by molar-refractivity contribution is 5.92. The van der Waals surface area contributed by atoms with E-state index in [4.69, 9.17) is 10.8 Å². The molecule has 1 atom stereocenters. The Morgan fingerprint density at radius 1 is 1.47 bits per heavy atom. The third kappa shape index (κ3) is 4.33. The summed E-state index contributed by atoms with van der Waals surface area (Å²) in [6.45, 7) is 2.35. The molecule has 0 heterocycles. The lowest BCUT2D eigenvalue weighted by Crippen LogP contribution is -2.21. The van der Waals surface area contributed by atoms with E-state index in [1.54, 1.807) is 0 Å². The molecule has 0 aliphatic carbocycles. The first-order chi connectivity index (χ1) is 8.97. The van der Waals surface area contributed by atoms with Crippen LogP contribution in [0.4, 0.5) is 10.1 Å². The van der Waals surface area contributed by atoms with Crippen molar-refractivity contribution in [1.29, 1.82) is 0 Å². The summed E-state index contributed by atoms with van der Waals surface area (Å²) in [7, 11) is 0. The molecule has 1 rings (SSSR count). The molecule has 0 aliphatic rings. The summed E-state index contributed by atoms with van der Waals surface area (Å²) in [5.41, 5.74) is 5.31. The van der Waals surface area contributed by atoms with Gasteiger partial charge in [0.1, 0.15) is 5.82 Å². The van der Waals surface area contributed by atoms with Crippen molar-refractivity contribution in [3.8, 4) is 0 Å². The Kier molecular flexibility index (Phi) is 5.44. The van der Waals surface area contributed by atoms with Gasteiger partial charge in [-0.2, -0.15) is 0 Å². The van der Waals surface area contributed by atoms with Crippen molar-refractivity contribution < 1.29 is 19.1 Å². The lowest BCUT2D eigenvalue weighted by atomic mass is 10.0. The predicted octanol–water partition coefficient (Wildman–Crippen LogP) is 1.84. The number of carboxylic acids is 1. The standard InChI is InChI=1S/C13H17FN2O3/c1-2-8(7-15)5-12(17)16-9-3-4-10(13(18)19)11(14)6-9/h3-4,6,8H,2,5,7,15H2,1H3,(H,16,17)(H,18,19). The largest absolute Gasteiger partial charge is 0.478 e. The number of carbonyl (C=O) groups is 2. The van der Waals surface area contributed by atoms with Gasteiger partial charge in [-0.05, 0) is 30.7 Å². The molecule has 104 valence electrons. The van der Waals surface area contributed by atoms with Gasteiger partial charge in [0.2, 0.25) is 5.91 Å². The van der Waals surface area contributed by atoms with Crippen LogP contribution in [0.5, 0.6) is 0 Å². The van der Waals surface area contributed by atoms with Crippen molar-refractivity contribution in [2.45, 2.75) is 19.8 Å². The molecule has 4 N–H and O–H groups in total. The lowest BCUT2D eigenvalue weighted by molar-refractivity contribution is -0.117. The van der Waals surface area contributed by atoms with Crippen molar-refractivity contribution in [1.82, 2.24) is 0 Å². The molecule has 1 aromatic rings. The lowest BCUT2D eigenvalue weighted by Gasteiger charge is -2.12. The van der Waals surface area contributed by atoms with Gasteiger partial charge in [0.25, 0.3) is 0 Å². The van der Waals surface area contributed by atoms with Gasteiger partial charge in [-0.1, -0.05) is 13.3 Å². The average Bonchev–Trinajstić information content (AvgIpc) is 2.35. The minimum absolute atomic E-state index is 0.0862. The van der Waals surface area contributed by atoms with Crippen LogP contribution in [0.15, 0.2) is 18.2 Å². The van der Waals surface area contributed by atoms with E-state index in [2.05, 4.69) is 5.32 Å². The van der Waals surface area contributed by atoms with Crippen LogP contribution < -0.4 is 11.1 Å². The molecule has 0 radical (unpaired) electrons. The summed E-state index contributed by atoms with van der Waals surface area (Å²) in [6.07, 6.45) is 1.05. The monoisotopic (exact) mass is 268 g/mol. The molecule has 0 aliphatic heterocycles. The zero-order chi connectivity index (χ0) is 14.4. The van der Waals surface area contributed by atoms with E-state index in [-0.39, 0.29) is 23.9 Å². The van der Waals surface area contributed by atoms with Crippen LogP contribution in [-0.2, 0) is 4.79 Å². The van der Waals surface area contributed by atoms with Crippen molar-refractivity contribution in [3.63, 3.8) is 0 Å². The van der Waals surface area contributed by atoms with Crippen molar-refractivity contribution in [3.05, 3.63) is 29.6 Å². The third-order valence-corrected chi connectivity index (χ3v) is 2.87. The second kappa shape index (κ2) is 6.84. The zero-order valence-electron chi connectivity index (χ0n) is 10.6. The second-order valence-corrected chi connectivity index (χ2v) is 4.26. The summed E-state index contributed by atoms with van der Waals surface area (Å²) >= 11 is 0. The number of carboxylic acid groups (broad SMARTS) is 1. The van der Waals surface area contributed by atoms with Gasteiger partial charge in [-0.25, -0.2) is 9.18 Å². The number of hydrogen-bond acceptors (Lipinski definition) is 3. The number of benzene rings is 1. The second-order valence-electron chi connectivity index (χ2n) is 4.26. The SMILES string of the molecule is CCC(CN)CC(=O)Nc1ccc(C(=O)O)c(F)c1. The fraction of sp³-hybridized carbons (Fsp3) is 0.385. The summed E-state index contributed by atoms with van der Waals surface area (Å²) in [5, 5.41) is 11.2. The highest BCUT2D eigenvalue weighted by atomic mass is 19.1. The van der Waals surface area contributed by atoms with Crippen LogP contribution in [0.25, 0.3) is 0 Å². The number of amides is 1. The van der Waals surface area contributed by atoms with Gasteiger partial charge >= 0.3 is 5.97 Å². The molecule has 1 unspecified atom stereocenters. The molecule has 0 bridgehead atoms. The highest BCUT2D eigenvalue weighted by Gasteiger charge is 2.13. The van der Waals surface area contributed by atoms with Crippen LogP contribution in [0, 0.1) is 11.7 Å². The molecule has 0 saturated heterocycles. The first kappa shape index (κ1) is 15.1. The van der Waals surface area contributed by atoms with Crippen LogP contribution in [-0.4, -0.2) is 23.5 Å². The number of halogens is 1. The molecule has 0 spiro atoms. The molecule has 5 nitrogen and oxygen atoms in total. The molecule has 0 fully saturated rings. The minimum atomic E-state index is -1.34. The number of aromatic carboxylic acids is 1. The maximum absolute atomic E-state index is 13.4. The fourth-order valence-electron chi connectivity index (χ4n) is 1.63. The number of rotatable bonds is 6. The Bertz CT molecular complexity index is 473. The summed E-state index contributed by atoms with van der Waals surface area (Å²) in [5.74, 6) is -2.40. The summed E-state index contributed by atoms with van der Waals surface area (Å²) in [4.78, 5) is 22.3. The summed E-state index contributed by atoms with van der Waals surface area (Å²) in [6, 6.07) is 3.46. The van der Waals surface area contributed by atoms with Crippen molar-refractivity contribution >= 4 is 17.6 Å². The normalized spacial score (nSPS) is 11.9. The Labute approximate surface area is 110 Å². The van der Waals surface area contributed by atoms with E-state index in [0.717, 1.165) is 18.6 Å². The van der Waals surface area contributed by atoms with Crippen LogP contribution in [0.1, 0.15) is 30.1 Å². The maximum atomic E-state index is 13.4. The topological polar surface area (TPSA) is 92.4 Å². The fourth-order valence-corrected chi connectivity index (χ4v) is 1.63. The Hall–Kier alpha value is -1.95. The minimum Gasteiger partial charge on any atom is -0.478 e. The smallest absolute Gasteiger partial charge is 0.338 e. The van der Waals surface area contributed by atoms with Crippen molar-refractivity contribution in [2.75, 3.05) is 11.9 Å². The van der Waals surface area contributed by atoms with Gasteiger partial charge < -0.3 is 16.2 Å². The van der Waals surface area contributed by atoms with Gasteiger partial charge in [0.05, 0.1) is 5.56 Å². The molecular formula is C13H17FN2O3. The molecule has 6 heteroatoms. The number of carbonyl (C=O) groups excluding carboxylic acids is 1. The first-order valence-electron chi connectivity index (χ1n) is 6.00. The number of nitrogens with one attached hydrogen (secondary N) is 1. The predicted molar refractivity (Wildman–Crippen MR) is 69.4 cm³/mol. The Balaban J connectivity index is 2.70. The Morgan fingerprint density at radius 3 is 2.63 bits per heavy atom. The molecule has 1 aromatic carbocycles. The van der Waals surface area contributed by atoms with Crippen LogP contribution in [0.3, 0.4) is 0 Å². The van der Waals surface area contributed by atoms with Crippen LogP contribution in [0.2, 0.25) is 0 Å². The van der Waals surface area contributed by atoms with Crippen molar-refractivity contribution in [2.24, 2.45) is 11.7 Å². The molecule has 0 saturated carbocycles. The van der Waals surface area contributed by atoms with E-state index in [1.165, 1.54) is 6.07 Å². The van der Waals surface area contributed by atoms with Crippen LogP contribution >= 0.6 is 0 Å². The van der Waals surface area contributed by atoms with E-state index in [1.807, 2.05) is 6.92 Å². The van der Waals surface area contributed by atoms with Gasteiger partial charge in [0, 0.05) is 12.1 Å². The maximum Gasteiger partial charge on any atom is 0.338 e. The van der Waals surface area contributed by atoms with Gasteiger partial charge in [-0.3, -0.25) is 4.79 Å². The van der Waals surface area contributed by atoms with Gasteiger partial charge in [0.15, 0.2) is 0 Å². The number of hydrogen-bond donors (Lipinski definition) is 3. The molecule has 19 heavy (non-hydrogen) atoms. The van der Waals surface area contributed by atoms with E-state index >= 15 is 0 Å². The molecule has 0 aromatic heterocycles. The highest BCUT2D eigenvalue weighted by Crippen LogP contribution is 2.16. The summed E-state index contributed by atoms with van der Waals surface area (Å²) < 4.78 is 13.4. The molecule has 1 amide bonds.